The summed E-state index contributed by atoms with van der Waals surface area (Å²) in [4.78, 5) is 2.42. The standard InChI is InChI=1S/C46H33N/c1-4-13-34(14-5-1)36-23-25-38(26-24-36)41-29-32-46(44(33-41)40-17-8-3-9-18-40)47(45-22-12-20-39-19-10-11-21-43(39)45)42-30-27-37(28-31-42)35-15-6-2-7-16-35/h1-33H. The Balaban J connectivity index is 1.30. The molecule has 8 aromatic rings. The number of nitrogens with zero attached hydrogens (tertiary/aromatic N) is 1. The molecule has 0 aliphatic carbocycles. The SMILES string of the molecule is c1ccc(-c2ccc(-c3ccc(N(c4ccc(-c5ccccc5)cc4)c4cccc5ccccc45)c(-c4ccccc4)c3)cc2)cc1. The van der Waals surface area contributed by atoms with Gasteiger partial charge in [0.25, 0.3) is 0 Å². The molecule has 0 fully saturated rings. The minimum absolute atomic E-state index is 1.11. The van der Waals surface area contributed by atoms with E-state index in [2.05, 4.69) is 205 Å². The Labute approximate surface area is 276 Å². The van der Waals surface area contributed by atoms with Gasteiger partial charge in [-0.05, 0) is 74.7 Å². The van der Waals surface area contributed by atoms with Crippen molar-refractivity contribution in [1.82, 2.24) is 0 Å². The van der Waals surface area contributed by atoms with E-state index >= 15 is 0 Å². The molecule has 222 valence electrons. The first-order valence-corrected chi connectivity index (χ1v) is 16.1. The summed E-state index contributed by atoms with van der Waals surface area (Å²) in [6.45, 7) is 0. The van der Waals surface area contributed by atoms with Crippen molar-refractivity contribution in [2.45, 2.75) is 0 Å². The maximum atomic E-state index is 2.42. The summed E-state index contributed by atoms with van der Waals surface area (Å²) in [5, 5.41) is 2.43. The Morgan fingerprint density at radius 2 is 0.723 bits per heavy atom. The fourth-order valence-corrected chi connectivity index (χ4v) is 6.49. The van der Waals surface area contributed by atoms with Gasteiger partial charge in [-0.15, -0.1) is 0 Å². The molecular formula is C46H33N. The summed E-state index contributed by atoms with van der Waals surface area (Å²) in [6.07, 6.45) is 0. The van der Waals surface area contributed by atoms with E-state index in [0.717, 1.165) is 17.1 Å². The van der Waals surface area contributed by atoms with Crippen molar-refractivity contribution in [3.05, 3.63) is 200 Å². The monoisotopic (exact) mass is 599 g/mol. The van der Waals surface area contributed by atoms with Crippen LogP contribution in [-0.2, 0) is 0 Å². The van der Waals surface area contributed by atoms with Crippen LogP contribution in [0.2, 0.25) is 0 Å². The molecule has 0 aliphatic rings. The van der Waals surface area contributed by atoms with Crippen molar-refractivity contribution < 1.29 is 0 Å². The van der Waals surface area contributed by atoms with Crippen LogP contribution in [0.15, 0.2) is 200 Å². The van der Waals surface area contributed by atoms with Crippen LogP contribution in [0, 0.1) is 0 Å². The molecule has 0 saturated heterocycles. The van der Waals surface area contributed by atoms with Gasteiger partial charge >= 0.3 is 0 Å². The molecule has 8 aromatic carbocycles. The van der Waals surface area contributed by atoms with Gasteiger partial charge in [0.1, 0.15) is 0 Å². The number of hydrogen-bond donors (Lipinski definition) is 0. The predicted octanol–water partition coefficient (Wildman–Crippen LogP) is 13.0. The highest BCUT2D eigenvalue weighted by Crippen LogP contribution is 2.45. The highest BCUT2D eigenvalue weighted by atomic mass is 15.1. The van der Waals surface area contributed by atoms with Gasteiger partial charge in [-0.2, -0.15) is 0 Å². The molecule has 8 rings (SSSR count). The molecular weight excluding hydrogens is 567 g/mol. The molecule has 1 heteroatoms. The van der Waals surface area contributed by atoms with Crippen molar-refractivity contribution >= 4 is 27.8 Å². The molecule has 0 radical (unpaired) electrons. The number of anilines is 3. The molecule has 0 bridgehead atoms. The quantitative estimate of drug-likeness (QED) is 0.176. The Bertz CT molecular complexity index is 2250. The Hall–Kier alpha value is -6.18. The lowest BCUT2D eigenvalue weighted by Gasteiger charge is -2.29. The molecule has 0 atom stereocenters. The average Bonchev–Trinajstić information content (AvgIpc) is 3.16. The van der Waals surface area contributed by atoms with Crippen LogP contribution in [0.3, 0.4) is 0 Å². The smallest absolute Gasteiger partial charge is 0.0540 e. The largest absolute Gasteiger partial charge is 0.309 e. The molecule has 0 heterocycles. The van der Waals surface area contributed by atoms with Gasteiger partial charge in [0.05, 0.1) is 11.4 Å². The van der Waals surface area contributed by atoms with E-state index in [1.54, 1.807) is 0 Å². The van der Waals surface area contributed by atoms with E-state index in [1.165, 1.54) is 55.3 Å². The van der Waals surface area contributed by atoms with Crippen molar-refractivity contribution in [3.8, 4) is 44.5 Å². The molecule has 0 aromatic heterocycles. The van der Waals surface area contributed by atoms with Crippen molar-refractivity contribution in [1.29, 1.82) is 0 Å². The normalized spacial score (nSPS) is 11.0. The maximum Gasteiger partial charge on any atom is 0.0540 e. The van der Waals surface area contributed by atoms with Gasteiger partial charge in [0, 0.05) is 16.6 Å². The lowest BCUT2D eigenvalue weighted by Crippen LogP contribution is -2.12. The second-order valence-electron chi connectivity index (χ2n) is 11.8. The zero-order chi connectivity index (χ0) is 31.4. The maximum absolute atomic E-state index is 2.42. The summed E-state index contributed by atoms with van der Waals surface area (Å²) in [6, 6.07) is 71.9. The van der Waals surface area contributed by atoms with Crippen LogP contribution >= 0.6 is 0 Å². The van der Waals surface area contributed by atoms with E-state index in [-0.39, 0.29) is 0 Å². The second-order valence-corrected chi connectivity index (χ2v) is 11.8. The summed E-state index contributed by atoms with van der Waals surface area (Å²) >= 11 is 0. The first kappa shape index (κ1) is 28.3. The predicted molar refractivity (Wildman–Crippen MR) is 200 cm³/mol. The molecule has 0 N–H and O–H groups in total. The van der Waals surface area contributed by atoms with Crippen LogP contribution in [0.1, 0.15) is 0 Å². The molecule has 0 aliphatic heterocycles. The van der Waals surface area contributed by atoms with Gasteiger partial charge in [0.15, 0.2) is 0 Å². The Kier molecular flexibility index (Phi) is 7.63. The van der Waals surface area contributed by atoms with Gasteiger partial charge in [-0.25, -0.2) is 0 Å². The van der Waals surface area contributed by atoms with E-state index in [1.807, 2.05) is 0 Å². The number of fused-ring (bicyclic) bond motifs is 1. The van der Waals surface area contributed by atoms with E-state index < -0.39 is 0 Å². The summed E-state index contributed by atoms with van der Waals surface area (Å²) < 4.78 is 0. The zero-order valence-corrected chi connectivity index (χ0v) is 26.0. The molecule has 47 heavy (non-hydrogen) atoms. The van der Waals surface area contributed by atoms with Gasteiger partial charge in [-0.1, -0.05) is 170 Å². The van der Waals surface area contributed by atoms with Gasteiger partial charge in [-0.3, -0.25) is 0 Å². The third-order valence-corrected chi connectivity index (χ3v) is 8.89. The van der Waals surface area contributed by atoms with Gasteiger partial charge in [0.2, 0.25) is 0 Å². The minimum Gasteiger partial charge on any atom is -0.309 e. The van der Waals surface area contributed by atoms with Crippen LogP contribution in [0.4, 0.5) is 17.1 Å². The number of benzene rings is 8. The van der Waals surface area contributed by atoms with Crippen molar-refractivity contribution in [2.75, 3.05) is 4.90 Å². The van der Waals surface area contributed by atoms with E-state index in [4.69, 9.17) is 0 Å². The summed E-state index contributed by atoms with van der Waals surface area (Å²) in [7, 11) is 0. The van der Waals surface area contributed by atoms with Crippen LogP contribution in [0.5, 0.6) is 0 Å². The Morgan fingerprint density at radius 3 is 1.34 bits per heavy atom. The minimum atomic E-state index is 1.11. The molecule has 0 saturated carbocycles. The number of hydrogen-bond acceptors (Lipinski definition) is 1. The highest BCUT2D eigenvalue weighted by Gasteiger charge is 2.20. The third kappa shape index (κ3) is 5.72. The van der Waals surface area contributed by atoms with Crippen LogP contribution < -0.4 is 4.90 Å². The molecule has 0 amide bonds. The van der Waals surface area contributed by atoms with E-state index in [0.29, 0.717) is 0 Å². The first-order chi connectivity index (χ1) is 23.3. The molecule has 0 unspecified atom stereocenters. The lowest BCUT2D eigenvalue weighted by atomic mass is 9.94. The second kappa shape index (κ2) is 12.7. The summed E-state index contributed by atoms with van der Waals surface area (Å²) in [5.74, 6) is 0. The highest BCUT2D eigenvalue weighted by molar-refractivity contribution is 6.01. The van der Waals surface area contributed by atoms with Crippen molar-refractivity contribution in [2.24, 2.45) is 0 Å². The lowest BCUT2D eigenvalue weighted by molar-refractivity contribution is 1.30. The number of rotatable bonds is 7. The fourth-order valence-electron chi connectivity index (χ4n) is 6.49. The van der Waals surface area contributed by atoms with Gasteiger partial charge < -0.3 is 4.90 Å². The third-order valence-electron chi connectivity index (χ3n) is 8.89. The fraction of sp³-hybridized carbons (Fsp3) is 0. The molecule has 0 spiro atoms. The van der Waals surface area contributed by atoms with Crippen molar-refractivity contribution in [3.63, 3.8) is 0 Å². The Morgan fingerprint density at radius 1 is 0.277 bits per heavy atom. The van der Waals surface area contributed by atoms with Crippen LogP contribution in [0.25, 0.3) is 55.3 Å². The average molecular weight is 600 g/mol. The topological polar surface area (TPSA) is 3.24 Å². The van der Waals surface area contributed by atoms with E-state index in [9.17, 15) is 0 Å². The molecule has 1 nitrogen and oxygen atoms in total. The first-order valence-electron chi connectivity index (χ1n) is 16.1. The van der Waals surface area contributed by atoms with Crippen LogP contribution in [-0.4, -0.2) is 0 Å². The zero-order valence-electron chi connectivity index (χ0n) is 26.0. The summed E-state index contributed by atoms with van der Waals surface area (Å²) in [5.41, 5.74) is 13.0.